The lowest BCUT2D eigenvalue weighted by Crippen LogP contribution is -1.88. The Labute approximate surface area is 62.1 Å². The highest BCUT2D eigenvalue weighted by Crippen LogP contribution is 2.06. The lowest BCUT2D eigenvalue weighted by Gasteiger charge is -1.97. The standard InChI is InChI=1S/C8H12N2/c1-8(7-10)5-3-2-4-6-9/h8H,2-5H2,1H3. The number of unbranched alkanes of at least 4 members (excludes halogenated alkanes) is 2. The molecule has 0 aliphatic heterocycles. The van der Waals surface area contributed by atoms with Gasteiger partial charge in [0, 0.05) is 12.3 Å². The first-order valence-corrected chi connectivity index (χ1v) is 3.58. The summed E-state index contributed by atoms with van der Waals surface area (Å²) in [4.78, 5) is 0. The number of nitriles is 2. The molecule has 2 nitrogen and oxygen atoms in total. The van der Waals surface area contributed by atoms with Crippen LogP contribution in [-0.4, -0.2) is 0 Å². The van der Waals surface area contributed by atoms with Gasteiger partial charge in [-0.2, -0.15) is 10.5 Å². The molecule has 0 aromatic heterocycles. The smallest absolute Gasteiger partial charge is 0.0652 e. The molecular formula is C8H12N2. The zero-order chi connectivity index (χ0) is 7.82. The Morgan fingerprint density at radius 3 is 2.50 bits per heavy atom. The molecule has 0 rings (SSSR count). The van der Waals surface area contributed by atoms with Gasteiger partial charge in [-0.3, -0.25) is 0 Å². The van der Waals surface area contributed by atoms with E-state index in [0.29, 0.717) is 6.42 Å². The Balaban J connectivity index is 3.07. The van der Waals surface area contributed by atoms with Crippen LogP contribution in [0.1, 0.15) is 32.6 Å². The highest BCUT2D eigenvalue weighted by atomic mass is 14.3. The van der Waals surface area contributed by atoms with Crippen LogP contribution in [0.15, 0.2) is 0 Å². The molecule has 0 aromatic rings. The number of nitrogens with zero attached hydrogens (tertiary/aromatic N) is 2. The molecule has 0 saturated heterocycles. The molecule has 0 amide bonds. The molecule has 1 unspecified atom stereocenters. The van der Waals surface area contributed by atoms with Crippen LogP contribution >= 0.6 is 0 Å². The second-order valence-corrected chi connectivity index (χ2v) is 2.43. The third-order valence-corrected chi connectivity index (χ3v) is 1.40. The Morgan fingerprint density at radius 1 is 1.30 bits per heavy atom. The first-order valence-electron chi connectivity index (χ1n) is 3.58. The fourth-order valence-corrected chi connectivity index (χ4v) is 0.719. The Morgan fingerprint density at radius 2 is 2.00 bits per heavy atom. The van der Waals surface area contributed by atoms with Crippen molar-refractivity contribution < 1.29 is 0 Å². The maximum Gasteiger partial charge on any atom is 0.0652 e. The van der Waals surface area contributed by atoms with Crippen molar-refractivity contribution in [3.63, 3.8) is 0 Å². The van der Waals surface area contributed by atoms with Crippen LogP contribution in [-0.2, 0) is 0 Å². The summed E-state index contributed by atoms with van der Waals surface area (Å²) in [6, 6.07) is 4.24. The monoisotopic (exact) mass is 136 g/mol. The Hall–Kier alpha value is -1.02. The van der Waals surface area contributed by atoms with Crippen LogP contribution in [0.4, 0.5) is 0 Å². The van der Waals surface area contributed by atoms with Gasteiger partial charge >= 0.3 is 0 Å². The van der Waals surface area contributed by atoms with Crippen molar-refractivity contribution in [1.82, 2.24) is 0 Å². The first kappa shape index (κ1) is 8.98. The summed E-state index contributed by atoms with van der Waals surface area (Å²) in [5, 5.41) is 16.5. The average molecular weight is 136 g/mol. The summed E-state index contributed by atoms with van der Waals surface area (Å²) in [5.74, 6) is 0.152. The highest BCUT2D eigenvalue weighted by molar-refractivity contribution is 4.78. The fourth-order valence-electron chi connectivity index (χ4n) is 0.719. The van der Waals surface area contributed by atoms with E-state index in [-0.39, 0.29) is 5.92 Å². The van der Waals surface area contributed by atoms with Crippen molar-refractivity contribution in [2.45, 2.75) is 32.6 Å². The minimum atomic E-state index is 0.152. The van der Waals surface area contributed by atoms with E-state index in [1.54, 1.807) is 0 Å². The van der Waals surface area contributed by atoms with Gasteiger partial charge in [0.05, 0.1) is 12.1 Å². The fraction of sp³-hybridized carbons (Fsp3) is 0.750. The van der Waals surface area contributed by atoms with E-state index < -0.39 is 0 Å². The summed E-state index contributed by atoms with van der Waals surface area (Å²) >= 11 is 0. The minimum absolute atomic E-state index is 0.152. The van der Waals surface area contributed by atoms with Crippen molar-refractivity contribution in [2.75, 3.05) is 0 Å². The summed E-state index contributed by atoms with van der Waals surface area (Å²) in [5.41, 5.74) is 0. The predicted molar refractivity (Wildman–Crippen MR) is 38.9 cm³/mol. The largest absolute Gasteiger partial charge is 0.198 e. The second-order valence-electron chi connectivity index (χ2n) is 2.43. The zero-order valence-corrected chi connectivity index (χ0v) is 6.30. The molecule has 0 fully saturated rings. The summed E-state index contributed by atoms with van der Waals surface area (Å²) in [6.45, 7) is 1.91. The molecule has 0 aromatic carbocycles. The molecule has 2 heteroatoms. The third-order valence-electron chi connectivity index (χ3n) is 1.40. The number of hydrogen-bond acceptors (Lipinski definition) is 2. The van der Waals surface area contributed by atoms with E-state index in [0.717, 1.165) is 19.3 Å². The van der Waals surface area contributed by atoms with Gasteiger partial charge in [0.1, 0.15) is 0 Å². The maximum absolute atomic E-state index is 8.38. The third kappa shape index (κ3) is 5.12. The van der Waals surface area contributed by atoms with E-state index in [4.69, 9.17) is 10.5 Å². The van der Waals surface area contributed by atoms with Crippen molar-refractivity contribution in [3.8, 4) is 12.1 Å². The van der Waals surface area contributed by atoms with Crippen LogP contribution in [0.3, 0.4) is 0 Å². The molecule has 0 radical (unpaired) electrons. The van der Waals surface area contributed by atoms with Gasteiger partial charge in [-0.25, -0.2) is 0 Å². The van der Waals surface area contributed by atoms with Crippen molar-refractivity contribution in [3.05, 3.63) is 0 Å². The van der Waals surface area contributed by atoms with Gasteiger partial charge in [-0.15, -0.1) is 0 Å². The zero-order valence-electron chi connectivity index (χ0n) is 6.30. The summed E-state index contributed by atoms with van der Waals surface area (Å²) in [6.07, 6.45) is 3.49. The number of rotatable bonds is 4. The van der Waals surface area contributed by atoms with Crippen LogP contribution in [0, 0.1) is 28.6 Å². The van der Waals surface area contributed by atoms with Gasteiger partial charge in [-0.1, -0.05) is 6.42 Å². The van der Waals surface area contributed by atoms with Gasteiger partial charge in [0.2, 0.25) is 0 Å². The van der Waals surface area contributed by atoms with E-state index in [1.165, 1.54) is 0 Å². The van der Waals surface area contributed by atoms with Crippen molar-refractivity contribution >= 4 is 0 Å². The minimum Gasteiger partial charge on any atom is -0.198 e. The maximum atomic E-state index is 8.38. The Bertz CT molecular complexity index is 150. The van der Waals surface area contributed by atoms with E-state index in [9.17, 15) is 0 Å². The van der Waals surface area contributed by atoms with E-state index in [2.05, 4.69) is 12.1 Å². The molecule has 10 heavy (non-hydrogen) atoms. The second kappa shape index (κ2) is 6.11. The van der Waals surface area contributed by atoms with Gasteiger partial charge < -0.3 is 0 Å². The molecule has 0 spiro atoms. The highest BCUT2D eigenvalue weighted by Gasteiger charge is 1.97. The van der Waals surface area contributed by atoms with Crippen LogP contribution < -0.4 is 0 Å². The molecule has 0 saturated carbocycles. The molecule has 0 aliphatic rings. The van der Waals surface area contributed by atoms with Crippen LogP contribution in [0.5, 0.6) is 0 Å². The number of hydrogen-bond donors (Lipinski definition) is 0. The van der Waals surface area contributed by atoms with Gasteiger partial charge in [0.25, 0.3) is 0 Å². The first-order chi connectivity index (χ1) is 4.81. The topological polar surface area (TPSA) is 47.6 Å². The van der Waals surface area contributed by atoms with E-state index in [1.807, 2.05) is 6.92 Å². The van der Waals surface area contributed by atoms with E-state index >= 15 is 0 Å². The lowest BCUT2D eigenvalue weighted by molar-refractivity contribution is 0.595. The molecule has 0 aliphatic carbocycles. The lowest BCUT2D eigenvalue weighted by atomic mass is 10.1. The van der Waals surface area contributed by atoms with Gasteiger partial charge in [0.15, 0.2) is 0 Å². The molecule has 1 atom stereocenters. The molecule has 0 heterocycles. The van der Waals surface area contributed by atoms with Crippen LogP contribution in [0.25, 0.3) is 0 Å². The molecule has 54 valence electrons. The SMILES string of the molecule is CC(C#N)CCCCC#N. The molecule has 0 N–H and O–H groups in total. The average Bonchev–Trinajstić information content (AvgIpc) is 1.98. The summed E-state index contributed by atoms with van der Waals surface area (Å²) < 4.78 is 0. The van der Waals surface area contributed by atoms with Gasteiger partial charge in [-0.05, 0) is 19.8 Å². The van der Waals surface area contributed by atoms with Crippen molar-refractivity contribution in [2.24, 2.45) is 5.92 Å². The molecule has 0 bridgehead atoms. The van der Waals surface area contributed by atoms with Crippen LogP contribution in [0.2, 0.25) is 0 Å². The van der Waals surface area contributed by atoms with Crippen molar-refractivity contribution in [1.29, 1.82) is 10.5 Å². The summed E-state index contributed by atoms with van der Waals surface area (Å²) in [7, 11) is 0. The molecular weight excluding hydrogens is 124 g/mol. The predicted octanol–water partition coefficient (Wildman–Crippen LogP) is 2.23. The normalized spacial score (nSPS) is 11.5. The quantitative estimate of drug-likeness (QED) is 0.556. The Kier molecular flexibility index (Phi) is 5.48.